The van der Waals surface area contributed by atoms with Gasteiger partial charge in [0.25, 0.3) is 0 Å². The normalized spacial score (nSPS) is 14.4. The van der Waals surface area contributed by atoms with E-state index in [2.05, 4.69) is 6.15 Å². The Labute approximate surface area is 229 Å². The summed E-state index contributed by atoms with van der Waals surface area (Å²) in [5, 5.41) is 0. The Morgan fingerprint density at radius 2 is 0.756 bits per heavy atom. The van der Waals surface area contributed by atoms with Crippen molar-refractivity contribution in [3.8, 4) is 0 Å². The fraction of sp³-hybridized carbons (Fsp3) is 0.500. The molecule has 0 aliphatic carbocycles. The van der Waals surface area contributed by atoms with Gasteiger partial charge in [0.05, 0.1) is 0 Å². The van der Waals surface area contributed by atoms with Gasteiger partial charge in [-0.05, 0) is 0 Å². The molecule has 0 heterocycles. The van der Waals surface area contributed by atoms with Crippen molar-refractivity contribution in [3.63, 3.8) is 0 Å². The van der Waals surface area contributed by atoms with Crippen LogP contribution in [0.2, 0.25) is 0 Å². The van der Waals surface area contributed by atoms with Crippen LogP contribution in [0.25, 0.3) is 0 Å². The minimum absolute atomic E-state index is 0.104. The predicted molar refractivity (Wildman–Crippen MR) is 119 cm³/mol. The van der Waals surface area contributed by atoms with Gasteiger partial charge in [-0.3, -0.25) is 0 Å². The van der Waals surface area contributed by atoms with Crippen molar-refractivity contribution in [2.75, 3.05) is 13.2 Å². The van der Waals surface area contributed by atoms with Crippen molar-refractivity contribution in [1.29, 1.82) is 0 Å². The topological polar surface area (TPSA) is 18.5 Å². The molecule has 0 aliphatic rings. The molecule has 0 amide bonds. The molecular weight excluding hydrogens is 705 g/mol. The van der Waals surface area contributed by atoms with E-state index in [0.29, 0.717) is 0 Å². The quantitative estimate of drug-likeness (QED) is 0.144. The first kappa shape index (κ1) is 35.4. The standard InChI is InChI=1S/2C8H9O.2C4H2F7.Sn/c2*9-7-6-8-4-2-1-3-5-8;2*5-2(6)3(7,8)1-4(9,10)11;/h2*1-5H,6-7H2;2*1H2;/q2*-1;;;+2. The molecule has 0 fully saturated rings. The summed E-state index contributed by atoms with van der Waals surface area (Å²) in [5.41, 5.74) is 0.209. The Morgan fingerprint density at radius 3 is 1.02 bits per heavy atom. The van der Waals surface area contributed by atoms with Gasteiger partial charge < -0.3 is 0 Å². The van der Waals surface area contributed by atoms with E-state index >= 15 is 17.6 Å². The van der Waals surface area contributed by atoms with Crippen molar-refractivity contribution in [3.05, 3.63) is 71.8 Å². The van der Waals surface area contributed by atoms with Crippen molar-refractivity contribution in [2.45, 2.75) is 57.8 Å². The van der Waals surface area contributed by atoms with E-state index < -0.39 is 90.2 Å². The summed E-state index contributed by atoms with van der Waals surface area (Å²) in [4.78, 5) is 0. The Balaban J connectivity index is 2.71. The van der Waals surface area contributed by atoms with Crippen molar-refractivity contribution < 1.29 is 67.6 Å². The molecule has 0 saturated carbocycles. The van der Waals surface area contributed by atoms with E-state index in [1.165, 1.54) is 60.7 Å². The molecule has 2 rings (SSSR count). The second kappa shape index (κ2) is 12.8. The van der Waals surface area contributed by atoms with Crippen LogP contribution in [0, 0.1) is 0 Å². The molecule has 41 heavy (non-hydrogen) atoms. The van der Waals surface area contributed by atoms with Crippen LogP contribution in [0.5, 0.6) is 0 Å². The molecule has 2 nitrogen and oxygen atoms in total. The van der Waals surface area contributed by atoms with E-state index in [1.54, 1.807) is 0 Å². The van der Waals surface area contributed by atoms with Crippen LogP contribution in [0.15, 0.2) is 60.7 Å². The molecule has 0 aliphatic heterocycles. The number of halogens is 14. The van der Waals surface area contributed by atoms with E-state index in [9.17, 15) is 43.9 Å². The van der Waals surface area contributed by atoms with Gasteiger partial charge in [0.2, 0.25) is 0 Å². The van der Waals surface area contributed by atoms with Crippen molar-refractivity contribution >= 4 is 19.2 Å². The summed E-state index contributed by atoms with van der Waals surface area (Å²) < 4.78 is 192. The van der Waals surface area contributed by atoms with Crippen LogP contribution in [0.1, 0.15) is 24.0 Å². The average Bonchev–Trinajstić information content (AvgIpc) is 2.81. The van der Waals surface area contributed by atoms with Gasteiger partial charge in [-0.1, -0.05) is 0 Å². The number of hydrogen-bond donors (Lipinski definition) is 0. The van der Waals surface area contributed by atoms with Crippen LogP contribution in [0.4, 0.5) is 61.5 Å². The molecule has 2 aromatic rings. The summed E-state index contributed by atoms with van der Waals surface area (Å²) in [5.74, 6) is -13.1. The maximum absolute atomic E-state index is 15.5. The van der Waals surface area contributed by atoms with Gasteiger partial charge in [-0.15, -0.1) is 0 Å². The summed E-state index contributed by atoms with van der Waals surface area (Å²) in [6.07, 6.45) is -21.2. The van der Waals surface area contributed by atoms with Gasteiger partial charge >= 0.3 is 230 Å². The predicted octanol–water partition coefficient (Wildman–Crippen LogP) is 8.47. The Morgan fingerprint density at radius 1 is 0.463 bits per heavy atom. The van der Waals surface area contributed by atoms with Crippen LogP contribution in [0.3, 0.4) is 0 Å². The molecule has 17 heteroatoms. The second-order valence-electron chi connectivity index (χ2n) is 8.93. The molecule has 0 aromatic heterocycles. The minimum atomic E-state index is -9.32. The van der Waals surface area contributed by atoms with E-state index in [0.717, 1.165) is 0 Å². The molecule has 2 aromatic carbocycles. The monoisotopic (exact) mass is 728 g/mol. The molecule has 0 spiro atoms. The Bertz CT molecular complexity index is 1000. The second-order valence-corrected chi connectivity index (χ2v) is 17.7. The van der Waals surface area contributed by atoms with Gasteiger partial charge in [-0.25, -0.2) is 0 Å². The summed E-state index contributed by atoms with van der Waals surface area (Å²) in [6.45, 7) is -2.97. The fourth-order valence-electron chi connectivity index (χ4n) is 3.72. The molecule has 232 valence electrons. The van der Waals surface area contributed by atoms with Gasteiger partial charge in [-0.2, -0.15) is 0 Å². The number of alkyl halides is 14. The molecule has 0 radical (unpaired) electrons. The van der Waals surface area contributed by atoms with E-state index in [1.807, 2.05) is 0 Å². The third-order valence-corrected chi connectivity index (χ3v) is 16.0. The van der Waals surface area contributed by atoms with Gasteiger partial charge in [0.15, 0.2) is 0 Å². The third kappa shape index (κ3) is 8.61. The zero-order valence-corrected chi connectivity index (χ0v) is 23.5. The molecule has 0 N–H and O–H groups in total. The SMILES string of the molecule is FC(F)(F)CC(F)(F)[C](F)(F)[Sn]([O]CCc1ccccc1)([O]CCc1ccccc1)[C](F)(F)C(F)(F)CC(F)(F)F. The first-order valence-electron chi connectivity index (χ1n) is 11.6. The van der Waals surface area contributed by atoms with Crippen LogP contribution >= 0.6 is 0 Å². The zero-order chi connectivity index (χ0) is 31.4. The van der Waals surface area contributed by atoms with E-state index in [4.69, 9.17) is 0 Å². The molecule has 0 saturated heterocycles. The fourth-order valence-corrected chi connectivity index (χ4v) is 12.6. The molecule has 0 atom stereocenters. The molecule has 0 unspecified atom stereocenters. The number of rotatable bonds is 14. The third-order valence-electron chi connectivity index (χ3n) is 5.67. The summed E-state index contributed by atoms with van der Waals surface area (Å²) in [7, 11) is 0. The van der Waals surface area contributed by atoms with Crippen molar-refractivity contribution in [2.24, 2.45) is 0 Å². The van der Waals surface area contributed by atoms with Gasteiger partial charge in [0, 0.05) is 0 Å². The maximum atomic E-state index is 15.5. The molecule has 0 bridgehead atoms. The van der Waals surface area contributed by atoms with Crippen molar-refractivity contribution in [1.82, 2.24) is 0 Å². The Kier molecular flexibility index (Phi) is 11.1. The first-order valence-corrected chi connectivity index (χ1v) is 16.8. The van der Waals surface area contributed by atoms with Crippen LogP contribution in [-0.2, 0) is 19.0 Å². The number of benzene rings is 2. The average molecular weight is 727 g/mol. The van der Waals surface area contributed by atoms with Gasteiger partial charge in [0.1, 0.15) is 0 Å². The zero-order valence-electron chi connectivity index (χ0n) is 20.6. The summed E-state index contributed by atoms with van der Waals surface area (Å²) in [6, 6.07) is 13.3. The summed E-state index contributed by atoms with van der Waals surface area (Å²) >= 11 is -9.32. The first-order chi connectivity index (χ1) is 18.6. The van der Waals surface area contributed by atoms with Crippen LogP contribution in [-0.4, -0.2) is 64.5 Å². The molecular formula is C24H22F14O2Sn. The Hall–Kier alpha value is -1.82. The van der Waals surface area contributed by atoms with E-state index in [-0.39, 0.29) is 11.1 Å². The van der Waals surface area contributed by atoms with Crippen LogP contribution < -0.4 is 0 Å². The number of hydrogen-bond acceptors (Lipinski definition) is 2.